The van der Waals surface area contributed by atoms with E-state index in [1.165, 1.54) is 28.2 Å². The van der Waals surface area contributed by atoms with Crippen LogP contribution in [-0.4, -0.2) is 56.3 Å². The maximum atomic E-state index is 13.8. The molecule has 1 aliphatic heterocycles. The molecule has 0 bridgehead atoms. The van der Waals surface area contributed by atoms with Crippen LogP contribution in [0.4, 0.5) is 18.9 Å². The van der Waals surface area contributed by atoms with Crippen molar-refractivity contribution in [1.82, 2.24) is 14.7 Å². The third kappa shape index (κ3) is 5.28. The minimum absolute atomic E-state index is 0.0387. The molecule has 3 heterocycles. The topological polar surface area (TPSA) is 84.5 Å². The molecule has 37 heavy (non-hydrogen) atoms. The zero-order valence-corrected chi connectivity index (χ0v) is 21.4. The van der Waals surface area contributed by atoms with E-state index in [-0.39, 0.29) is 4.90 Å². The van der Waals surface area contributed by atoms with Crippen LogP contribution < -0.4 is 10.0 Å². The maximum Gasteiger partial charge on any atom is 0.435 e. The summed E-state index contributed by atoms with van der Waals surface area (Å²) in [5.41, 5.74) is 1.94. The van der Waals surface area contributed by atoms with Gasteiger partial charge >= 0.3 is 6.18 Å². The largest absolute Gasteiger partial charge is 0.435 e. The summed E-state index contributed by atoms with van der Waals surface area (Å²) in [6.45, 7) is 3.19. The van der Waals surface area contributed by atoms with E-state index in [9.17, 15) is 21.6 Å². The van der Waals surface area contributed by atoms with Crippen LogP contribution in [0.15, 0.2) is 70.9 Å². The van der Waals surface area contributed by atoms with Crippen molar-refractivity contribution in [2.45, 2.75) is 11.1 Å². The second-order valence-electron chi connectivity index (χ2n) is 8.88. The minimum atomic E-state index is -4.62. The molecule has 0 spiro atoms. The number of hydrogen-bond acceptors (Lipinski definition) is 6. The first-order valence-corrected chi connectivity index (χ1v) is 13.9. The first kappa shape index (κ1) is 25.5. The van der Waals surface area contributed by atoms with Crippen molar-refractivity contribution in [2.24, 2.45) is 5.14 Å². The molecule has 194 valence electrons. The van der Waals surface area contributed by atoms with E-state index >= 15 is 0 Å². The van der Waals surface area contributed by atoms with Crippen molar-refractivity contribution >= 4 is 27.0 Å². The lowest BCUT2D eigenvalue weighted by Gasteiger charge is -2.35. The van der Waals surface area contributed by atoms with Crippen molar-refractivity contribution in [3.8, 4) is 27.4 Å². The third-order valence-electron chi connectivity index (χ3n) is 6.30. The molecule has 0 radical (unpaired) electrons. The van der Waals surface area contributed by atoms with Gasteiger partial charge in [0.2, 0.25) is 10.0 Å². The number of aromatic nitrogens is 2. The molecule has 0 aliphatic carbocycles. The van der Waals surface area contributed by atoms with Gasteiger partial charge in [0.25, 0.3) is 0 Å². The molecular formula is C25H24F3N5O2S2. The van der Waals surface area contributed by atoms with E-state index in [0.717, 1.165) is 37.9 Å². The Morgan fingerprint density at radius 3 is 2.30 bits per heavy atom. The van der Waals surface area contributed by atoms with Crippen molar-refractivity contribution in [3.63, 3.8) is 0 Å². The highest BCUT2D eigenvalue weighted by molar-refractivity contribution is 7.89. The molecule has 1 fully saturated rings. The summed E-state index contributed by atoms with van der Waals surface area (Å²) < 4.78 is 66.2. The van der Waals surface area contributed by atoms with Crippen LogP contribution in [0.1, 0.15) is 5.69 Å². The smallest absolute Gasteiger partial charge is 0.367 e. The number of hydrogen-bond donors (Lipinski definition) is 1. The summed E-state index contributed by atoms with van der Waals surface area (Å²) in [6.07, 6.45) is -4.62. The number of nitrogens with zero attached hydrogens (tertiary/aromatic N) is 4. The molecule has 7 nitrogen and oxygen atoms in total. The van der Waals surface area contributed by atoms with E-state index in [1.807, 2.05) is 19.2 Å². The van der Waals surface area contributed by atoms with E-state index in [0.29, 0.717) is 27.4 Å². The Morgan fingerprint density at radius 2 is 1.62 bits per heavy atom. The van der Waals surface area contributed by atoms with Crippen LogP contribution in [0.3, 0.4) is 0 Å². The molecule has 2 aromatic heterocycles. The first-order valence-electron chi connectivity index (χ1n) is 11.4. The van der Waals surface area contributed by atoms with Gasteiger partial charge in [-0.25, -0.2) is 18.2 Å². The van der Waals surface area contributed by atoms with Crippen LogP contribution in [0, 0.1) is 0 Å². The second kappa shape index (κ2) is 9.60. The minimum Gasteiger partial charge on any atom is -0.367 e. The van der Waals surface area contributed by atoms with Crippen LogP contribution in [0.2, 0.25) is 0 Å². The third-order valence-corrected chi connectivity index (χ3v) is 8.17. The summed E-state index contributed by atoms with van der Waals surface area (Å²) in [7, 11) is -1.86. The number of sulfonamides is 1. The van der Waals surface area contributed by atoms with Gasteiger partial charge in [0, 0.05) is 26.2 Å². The van der Waals surface area contributed by atoms with Gasteiger partial charge in [-0.2, -0.15) is 18.3 Å². The SMILES string of the molecule is CN1CCN(c2ccccc2-n2nc(C(F)(F)F)cc2-c2cc(-c3cccc(S(N)(=O)=O)c3)cs2)CC1. The molecule has 1 saturated heterocycles. The number of anilines is 1. The molecule has 4 aromatic rings. The summed E-state index contributed by atoms with van der Waals surface area (Å²) >= 11 is 1.26. The molecule has 1 aliphatic rings. The van der Waals surface area contributed by atoms with Gasteiger partial charge in [-0.1, -0.05) is 24.3 Å². The van der Waals surface area contributed by atoms with E-state index in [4.69, 9.17) is 5.14 Å². The maximum absolute atomic E-state index is 13.8. The highest BCUT2D eigenvalue weighted by Crippen LogP contribution is 2.39. The van der Waals surface area contributed by atoms with Gasteiger partial charge in [0.05, 0.1) is 26.8 Å². The number of para-hydroxylation sites is 2. The fourth-order valence-electron chi connectivity index (χ4n) is 4.31. The first-order chi connectivity index (χ1) is 17.5. The predicted molar refractivity (Wildman–Crippen MR) is 138 cm³/mol. The van der Waals surface area contributed by atoms with Gasteiger partial charge in [-0.15, -0.1) is 11.3 Å². The Labute approximate surface area is 216 Å². The number of rotatable bonds is 5. The fourth-order valence-corrected chi connectivity index (χ4v) is 5.79. The lowest BCUT2D eigenvalue weighted by atomic mass is 10.1. The van der Waals surface area contributed by atoms with Crippen LogP contribution in [-0.2, 0) is 16.2 Å². The Morgan fingerprint density at radius 1 is 0.919 bits per heavy atom. The molecule has 0 amide bonds. The quantitative estimate of drug-likeness (QED) is 0.392. The molecule has 0 saturated carbocycles. The lowest BCUT2D eigenvalue weighted by molar-refractivity contribution is -0.141. The van der Waals surface area contributed by atoms with Crippen LogP contribution in [0.25, 0.3) is 27.4 Å². The highest BCUT2D eigenvalue weighted by Gasteiger charge is 2.36. The highest BCUT2D eigenvalue weighted by atomic mass is 32.2. The Kier molecular flexibility index (Phi) is 6.61. The summed E-state index contributed by atoms with van der Waals surface area (Å²) in [5.74, 6) is 0. The van der Waals surface area contributed by atoms with Crippen molar-refractivity contribution in [1.29, 1.82) is 0 Å². The molecule has 12 heteroatoms. The zero-order valence-electron chi connectivity index (χ0n) is 19.8. The average molecular weight is 548 g/mol. The predicted octanol–water partition coefficient (Wildman–Crippen LogP) is 4.69. The Hall–Kier alpha value is -3.19. The summed E-state index contributed by atoms with van der Waals surface area (Å²) in [6, 6.07) is 16.3. The van der Waals surface area contributed by atoms with Crippen molar-refractivity contribution in [3.05, 3.63) is 71.7 Å². The summed E-state index contributed by atoms with van der Waals surface area (Å²) in [4.78, 5) is 4.89. The van der Waals surface area contributed by atoms with Crippen molar-refractivity contribution < 1.29 is 21.6 Å². The standard InChI is InChI=1S/C25H24F3N5O2S2/c1-31-9-11-32(12-10-31)20-7-2-3-8-21(20)33-22(15-24(30-33)25(26,27)28)23-14-18(16-36-23)17-5-4-6-19(13-17)37(29,34)35/h2-8,13-16H,9-12H2,1H3,(H2,29,34,35). The number of primary sulfonamides is 1. The molecule has 2 aromatic carbocycles. The van der Waals surface area contributed by atoms with E-state index in [1.54, 1.807) is 35.7 Å². The molecule has 0 atom stereocenters. The van der Waals surface area contributed by atoms with Crippen LogP contribution >= 0.6 is 11.3 Å². The van der Waals surface area contributed by atoms with Crippen molar-refractivity contribution in [2.75, 3.05) is 38.1 Å². The number of alkyl halides is 3. The van der Waals surface area contributed by atoms with Crippen LogP contribution in [0.5, 0.6) is 0 Å². The van der Waals surface area contributed by atoms with Gasteiger partial charge in [-0.05, 0) is 60.0 Å². The fraction of sp³-hybridized carbons (Fsp3) is 0.240. The lowest BCUT2D eigenvalue weighted by Crippen LogP contribution is -2.44. The van der Waals surface area contributed by atoms with Gasteiger partial charge in [-0.3, -0.25) is 0 Å². The number of benzene rings is 2. The average Bonchev–Trinajstić information content (AvgIpc) is 3.52. The number of thiophene rings is 1. The summed E-state index contributed by atoms with van der Waals surface area (Å²) in [5, 5.41) is 11.0. The zero-order chi connectivity index (χ0) is 26.4. The monoisotopic (exact) mass is 547 g/mol. The second-order valence-corrected chi connectivity index (χ2v) is 11.3. The number of halogens is 3. The Bertz CT molecular complexity index is 1540. The van der Waals surface area contributed by atoms with Gasteiger partial charge < -0.3 is 9.80 Å². The number of nitrogens with two attached hydrogens (primary N) is 1. The van der Waals surface area contributed by atoms with Gasteiger partial charge in [0.15, 0.2) is 5.69 Å². The molecule has 2 N–H and O–H groups in total. The van der Waals surface area contributed by atoms with Gasteiger partial charge in [0.1, 0.15) is 0 Å². The normalized spacial score (nSPS) is 15.3. The molecule has 0 unspecified atom stereocenters. The molecular weight excluding hydrogens is 523 g/mol. The molecule has 5 rings (SSSR count). The van der Waals surface area contributed by atoms with E-state index in [2.05, 4.69) is 14.9 Å². The number of likely N-dealkylation sites (N-methyl/N-ethyl adjacent to an activating group) is 1. The number of piperazine rings is 1. The Balaban J connectivity index is 1.60. The van der Waals surface area contributed by atoms with E-state index < -0.39 is 21.9 Å².